The second kappa shape index (κ2) is 9.05. The fourth-order valence-corrected chi connectivity index (χ4v) is 7.54. The number of anilines is 1. The first kappa shape index (κ1) is 23.8. The predicted molar refractivity (Wildman–Crippen MR) is 139 cm³/mol. The Bertz CT molecular complexity index is 1260. The van der Waals surface area contributed by atoms with Gasteiger partial charge in [-0.1, -0.05) is 18.2 Å². The summed E-state index contributed by atoms with van der Waals surface area (Å²) >= 11 is 0. The number of barbiturate groups is 1. The van der Waals surface area contributed by atoms with Gasteiger partial charge in [0.1, 0.15) is 5.57 Å². The molecule has 1 N–H and O–H groups in total. The van der Waals surface area contributed by atoms with E-state index in [0.29, 0.717) is 29.4 Å². The van der Waals surface area contributed by atoms with Crippen LogP contribution < -0.4 is 19.7 Å². The van der Waals surface area contributed by atoms with E-state index in [0.717, 1.165) is 22.7 Å². The van der Waals surface area contributed by atoms with Gasteiger partial charge in [-0.2, -0.15) is 0 Å². The lowest BCUT2D eigenvalue weighted by atomic mass is 9.48. The van der Waals surface area contributed by atoms with Crippen molar-refractivity contribution in [2.45, 2.75) is 50.9 Å². The summed E-state index contributed by atoms with van der Waals surface area (Å²) in [6.07, 6.45) is 9.34. The normalized spacial score (nSPS) is 29.6. The molecule has 37 heavy (non-hydrogen) atoms. The standard InChI is InChI=1S/C30H32N2O5/c1-3-37-25-9-4-18(14-26(25)36-2)13-24-27(33)31-29(35)32(28(24)34)23-7-5-22(6-8-23)30-15-19-10-20(16-30)12-21(11-19)17-30/h4-9,13-14,19-21H,3,10-12,15-17H2,1-2H3,(H,31,33,35)/b24-13+. The summed E-state index contributed by atoms with van der Waals surface area (Å²) in [6.45, 7) is 2.36. The predicted octanol–water partition coefficient (Wildman–Crippen LogP) is 5.23. The van der Waals surface area contributed by atoms with Crippen molar-refractivity contribution in [3.63, 3.8) is 0 Å². The van der Waals surface area contributed by atoms with E-state index in [9.17, 15) is 14.4 Å². The Hall–Kier alpha value is -3.61. The molecule has 2 aromatic rings. The molecule has 5 fully saturated rings. The second-order valence-corrected chi connectivity index (χ2v) is 11.0. The van der Waals surface area contributed by atoms with Gasteiger partial charge in [-0.05, 0) is 110 Å². The highest BCUT2D eigenvalue weighted by atomic mass is 16.5. The third-order valence-corrected chi connectivity index (χ3v) is 8.68. The number of carbonyl (C=O) groups is 3. The van der Waals surface area contributed by atoms with Crippen LogP contribution in [0.3, 0.4) is 0 Å². The summed E-state index contributed by atoms with van der Waals surface area (Å²) in [6, 6.07) is 12.3. The molecule has 4 aliphatic carbocycles. The second-order valence-electron chi connectivity index (χ2n) is 11.0. The van der Waals surface area contributed by atoms with E-state index in [1.54, 1.807) is 18.2 Å². The first-order chi connectivity index (χ1) is 17.9. The fourth-order valence-electron chi connectivity index (χ4n) is 7.54. The Morgan fingerprint density at radius 2 is 1.59 bits per heavy atom. The van der Waals surface area contributed by atoms with Gasteiger partial charge in [-0.15, -0.1) is 0 Å². The molecule has 192 valence electrons. The number of benzene rings is 2. The first-order valence-corrected chi connectivity index (χ1v) is 13.2. The number of nitrogens with zero attached hydrogens (tertiary/aromatic N) is 1. The van der Waals surface area contributed by atoms with Crippen LogP contribution in [0.1, 0.15) is 56.6 Å². The average Bonchev–Trinajstić information content (AvgIpc) is 2.87. The third kappa shape index (κ3) is 4.10. The highest BCUT2D eigenvalue weighted by Crippen LogP contribution is 2.60. The molecule has 7 rings (SSSR count). The van der Waals surface area contributed by atoms with Crippen molar-refractivity contribution in [2.24, 2.45) is 17.8 Å². The summed E-state index contributed by atoms with van der Waals surface area (Å²) in [5, 5.41) is 2.32. The lowest BCUT2D eigenvalue weighted by molar-refractivity contribution is -0.122. The van der Waals surface area contributed by atoms with Crippen molar-refractivity contribution < 1.29 is 23.9 Å². The maximum absolute atomic E-state index is 13.4. The van der Waals surface area contributed by atoms with Gasteiger partial charge < -0.3 is 9.47 Å². The molecule has 0 aromatic heterocycles. The number of ether oxygens (including phenoxy) is 2. The zero-order valence-corrected chi connectivity index (χ0v) is 21.3. The highest BCUT2D eigenvalue weighted by molar-refractivity contribution is 6.39. The molecule has 1 aliphatic heterocycles. The van der Waals surface area contributed by atoms with Gasteiger partial charge >= 0.3 is 6.03 Å². The van der Waals surface area contributed by atoms with Crippen LogP contribution in [0.5, 0.6) is 11.5 Å². The van der Waals surface area contributed by atoms with Crippen LogP contribution in [0.25, 0.3) is 6.08 Å². The zero-order chi connectivity index (χ0) is 25.7. The third-order valence-electron chi connectivity index (χ3n) is 8.68. The average molecular weight is 501 g/mol. The van der Waals surface area contributed by atoms with Crippen LogP contribution >= 0.6 is 0 Å². The molecule has 0 spiro atoms. The van der Waals surface area contributed by atoms with Crippen molar-refractivity contribution >= 4 is 29.6 Å². The minimum atomic E-state index is -0.737. The van der Waals surface area contributed by atoms with Crippen molar-refractivity contribution in [1.82, 2.24) is 5.32 Å². The van der Waals surface area contributed by atoms with Gasteiger partial charge in [0.05, 0.1) is 19.4 Å². The van der Waals surface area contributed by atoms with E-state index < -0.39 is 17.8 Å². The maximum atomic E-state index is 13.4. The highest BCUT2D eigenvalue weighted by Gasteiger charge is 2.51. The lowest BCUT2D eigenvalue weighted by Crippen LogP contribution is -2.54. The fraction of sp³-hybridized carbons (Fsp3) is 0.433. The molecule has 4 amide bonds. The molecule has 4 saturated carbocycles. The monoisotopic (exact) mass is 500 g/mol. The van der Waals surface area contributed by atoms with Crippen LogP contribution in [0.4, 0.5) is 10.5 Å². The SMILES string of the molecule is CCOc1ccc(/C=C2\C(=O)NC(=O)N(c3ccc(C45CC6CC(CC(C6)C4)C5)cc3)C2=O)cc1OC. The molecule has 1 saturated heterocycles. The maximum Gasteiger partial charge on any atom is 0.335 e. The number of hydrogen-bond acceptors (Lipinski definition) is 5. The number of hydrogen-bond donors (Lipinski definition) is 1. The molecule has 7 nitrogen and oxygen atoms in total. The van der Waals surface area contributed by atoms with Gasteiger partial charge in [0.25, 0.3) is 11.8 Å². The molecule has 0 radical (unpaired) electrons. The minimum Gasteiger partial charge on any atom is -0.493 e. The van der Waals surface area contributed by atoms with Crippen molar-refractivity contribution in [2.75, 3.05) is 18.6 Å². The van der Waals surface area contributed by atoms with E-state index in [4.69, 9.17) is 9.47 Å². The molecular weight excluding hydrogens is 468 g/mol. The molecule has 0 atom stereocenters. The lowest BCUT2D eigenvalue weighted by Gasteiger charge is -2.57. The summed E-state index contributed by atoms with van der Waals surface area (Å²) < 4.78 is 10.9. The minimum absolute atomic E-state index is 0.115. The number of rotatable bonds is 6. The van der Waals surface area contributed by atoms with Crippen LogP contribution in [0.15, 0.2) is 48.0 Å². The first-order valence-electron chi connectivity index (χ1n) is 13.2. The van der Waals surface area contributed by atoms with E-state index in [-0.39, 0.29) is 11.0 Å². The number of nitrogens with one attached hydrogen (secondary N) is 1. The number of amides is 4. The molecular formula is C30H32N2O5. The Morgan fingerprint density at radius 3 is 2.19 bits per heavy atom. The Labute approximate surface area is 216 Å². The van der Waals surface area contributed by atoms with Gasteiger partial charge in [-0.25, -0.2) is 9.69 Å². The van der Waals surface area contributed by atoms with Crippen LogP contribution in [0.2, 0.25) is 0 Å². The van der Waals surface area contributed by atoms with Gasteiger partial charge in [-0.3, -0.25) is 14.9 Å². The van der Waals surface area contributed by atoms with Crippen LogP contribution in [-0.2, 0) is 15.0 Å². The summed E-state index contributed by atoms with van der Waals surface area (Å²) in [4.78, 5) is 39.8. The quantitative estimate of drug-likeness (QED) is 0.434. The molecule has 4 bridgehead atoms. The van der Waals surface area contributed by atoms with E-state index >= 15 is 0 Å². The van der Waals surface area contributed by atoms with Crippen molar-refractivity contribution in [1.29, 1.82) is 0 Å². The molecule has 0 unspecified atom stereocenters. The smallest absolute Gasteiger partial charge is 0.335 e. The van der Waals surface area contributed by atoms with E-state index in [1.165, 1.54) is 57.3 Å². The van der Waals surface area contributed by atoms with Crippen LogP contribution in [-0.4, -0.2) is 31.6 Å². The van der Waals surface area contributed by atoms with E-state index in [2.05, 4.69) is 17.4 Å². The zero-order valence-electron chi connectivity index (χ0n) is 21.3. The summed E-state index contributed by atoms with van der Waals surface area (Å²) in [5.41, 5.74) is 2.48. The molecule has 2 aromatic carbocycles. The summed E-state index contributed by atoms with van der Waals surface area (Å²) in [5.74, 6) is 2.20. The largest absolute Gasteiger partial charge is 0.493 e. The summed E-state index contributed by atoms with van der Waals surface area (Å²) in [7, 11) is 1.53. The van der Waals surface area contributed by atoms with Gasteiger partial charge in [0.15, 0.2) is 11.5 Å². The van der Waals surface area contributed by atoms with E-state index in [1.807, 2.05) is 19.1 Å². The topological polar surface area (TPSA) is 84.9 Å². The number of carbonyl (C=O) groups excluding carboxylic acids is 3. The molecule has 1 heterocycles. The Balaban J connectivity index is 1.27. The van der Waals surface area contributed by atoms with Crippen molar-refractivity contribution in [3.05, 3.63) is 59.2 Å². The molecule has 7 heteroatoms. The Kier molecular flexibility index (Phi) is 5.81. The number of imide groups is 2. The Morgan fingerprint density at radius 1 is 0.946 bits per heavy atom. The number of methoxy groups -OCH3 is 1. The van der Waals surface area contributed by atoms with Gasteiger partial charge in [0.2, 0.25) is 0 Å². The molecule has 5 aliphatic rings. The van der Waals surface area contributed by atoms with Crippen LogP contribution in [0, 0.1) is 17.8 Å². The number of urea groups is 1. The van der Waals surface area contributed by atoms with Gasteiger partial charge in [0, 0.05) is 0 Å². The van der Waals surface area contributed by atoms with Crippen molar-refractivity contribution in [3.8, 4) is 11.5 Å².